The lowest BCUT2D eigenvalue weighted by Crippen LogP contribution is -2.40. The fourth-order valence-corrected chi connectivity index (χ4v) is 3.76. The first-order valence-electron chi connectivity index (χ1n) is 7.03. The number of thiophene rings is 1. The normalized spacial score (nSPS) is 18.9. The highest BCUT2D eigenvalue weighted by Crippen LogP contribution is 2.27. The van der Waals surface area contributed by atoms with Crippen molar-refractivity contribution in [3.63, 3.8) is 0 Å². The Kier molecular flexibility index (Phi) is 5.09. The molecule has 1 aromatic heterocycles. The number of likely N-dealkylation sites (tertiary alicyclic amines) is 1. The summed E-state index contributed by atoms with van der Waals surface area (Å²) < 4.78 is 6.34. The Labute approximate surface area is 137 Å². The van der Waals surface area contributed by atoms with Gasteiger partial charge in [-0.25, -0.2) is 4.79 Å². The summed E-state index contributed by atoms with van der Waals surface area (Å²) in [6.45, 7) is 6.22. The molecule has 0 bridgehead atoms. The number of ether oxygens (including phenoxy) is 1. The van der Waals surface area contributed by atoms with E-state index in [4.69, 9.17) is 4.74 Å². The Balaban J connectivity index is 1.99. The molecule has 0 radical (unpaired) electrons. The Morgan fingerprint density at radius 2 is 2.19 bits per heavy atom. The highest BCUT2D eigenvalue weighted by molar-refractivity contribution is 9.10. The fraction of sp³-hybridized carbons (Fsp3) is 0.600. The molecule has 0 aromatic carbocycles. The van der Waals surface area contributed by atoms with E-state index >= 15 is 0 Å². The first-order chi connectivity index (χ1) is 9.76. The van der Waals surface area contributed by atoms with Crippen molar-refractivity contribution < 1.29 is 14.3 Å². The third-order valence-corrected chi connectivity index (χ3v) is 5.00. The van der Waals surface area contributed by atoms with Gasteiger partial charge in [-0.2, -0.15) is 0 Å². The van der Waals surface area contributed by atoms with E-state index in [1.807, 2.05) is 32.2 Å². The molecule has 1 saturated heterocycles. The maximum absolute atomic E-state index is 12.3. The topological polar surface area (TPSA) is 46.6 Å². The summed E-state index contributed by atoms with van der Waals surface area (Å²) in [5.74, 6) is 0.0890. The summed E-state index contributed by atoms with van der Waals surface area (Å²) in [6.07, 6.45) is 1.83. The standard InChI is InChI=1S/C15H20BrNO3S/c1-15(2,3)20-14(19)17-6-4-5-11(17)8-12(18)13-7-10(16)9-21-13/h7,9,11H,4-6,8H2,1-3H3. The lowest BCUT2D eigenvalue weighted by Gasteiger charge is -2.28. The molecule has 6 heteroatoms. The SMILES string of the molecule is CC(C)(C)OC(=O)N1CCCC1CC(=O)c1cc(Br)cs1. The number of hydrogen-bond acceptors (Lipinski definition) is 4. The number of rotatable bonds is 3. The summed E-state index contributed by atoms with van der Waals surface area (Å²) in [7, 11) is 0. The predicted molar refractivity (Wildman–Crippen MR) is 86.9 cm³/mol. The van der Waals surface area contributed by atoms with E-state index in [-0.39, 0.29) is 17.9 Å². The summed E-state index contributed by atoms with van der Waals surface area (Å²) in [4.78, 5) is 26.9. The van der Waals surface area contributed by atoms with E-state index in [9.17, 15) is 9.59 Å². The van der Waals surface area contributed by atoms with E-state index in [1.54, 1.807) is 4.90 Å². The van der Waals surface area contributed by atoms with E-state index in [0.29, 0.717) is 13.0 Å². The molecule has 0 spiro atoms. The molecule has 1 aliphatic heterocycles. The molecule has 1 unspecified atom stereocenters. The van der Waals surface area contributed by atoms with Crippen molar-refractivity contribution in [3.8, 4) is 0 Å². The monoisotopic (exact) mass is 373 g/mol. The van der Waals surface area contributed by atoms with Crippen LogP contribution >= 0.6 is 27.3 Å². The molecule has 116 valence electrons. The van der Waals surface area contributed by atoms with Gasteiger partial charge in [-0.3, -0.25) is 4.79 Å². The van der Waals surface area contributed by atoms with E-state index in [0.717, 1.165) is 22.2 Å². The number of halogens is 1. The van der Waals surface area contributed by atoms with Crippen molar-refractivity contribution in [1.82, 2.24) is 4.90 Å². The molecule has 21 heavy (non-hydrogen) atoms. The van der Waals surface area contributed by atoms with Gasteiger partial charge in [0, 0.05) is 28.9 Å². The van der Waals surface area contributed by atoms with Gasteiger partial charge in [0.1, 0.15) is 5.60 Å². The van der Waals surface area contributed by atoms with Gasteiger partial charge < -0.3 is 9.64 Å². The van der Waals surface area contributed by atoms with Crippen LogP contribution in [0.25, 0.3) is 0 Å². The number of hydrogen-bond donors (Lipinski definition) is 0. The van der Waals surface area contributed by atoms with Crippen LogP contribution in [0.1, 0.15) is 49.7 Å². The molecule has 0 saturated carbocycles. The minimum absolute atomic E-state index is 0.0479. The average molecular weight is 374 g/mol. The van der Waals surface area contributed by atoms with Crippen LogP contribution < -0.4 is 0 Å². The second-order valence-corrected chi connectivity index (χ2v) is 8.05. The summed E-state index contributed by atoms with van der Waals surface area (Å²) >= 11 is 4.78. The zero-order valence-corrected chi connectivity index (χ0v) is 14.9. The van der Waals surface area contributed by atoms with E-state index in [1.165, 1.54) is 11.3 Å². The molecule has 0 aliphatic carbocycles. The molecule has 2 rings (SSSR count). The first-order valence-corrected chi connectivity index (χ1v) is 8.70. The third-order valence-electron chi connectivity index (χ3n) is 3.27. The van der Waals surface area contributed by atoms with Crippen LogP contribution in [0.3, 0.4) is 0 Å². The highest BCUT2D eigenvalue weighted by atomic mass is 79.9. The molecule has 1 amide bonds. The zero-order valence-electron chi connectivity index (χ0n) is 12.5. The van der Waals surface area contributed by atoms with Crippen molar-refractivity contribution in [1.29, 1.82) is 0 Å². The van der Waals surface area contributed by atoms with Gasteiger partial charge in [-0.15, -0.1) is 11.3 Å². The molecule has 0 N–H and O–H groups in total. The first kappa shape index (κ1) is 16.5. The molecule has 1 aromatic rings. The molecule has 2 heterocycles. The Bertz CT molecular complexity index is 535. The molecule has 1 aliphatic rings. The third kappa shape index (κ3) is 4.54. The number of ketones is 1. The lowest BCUT2D eigenvalue weighted by molar-refractivity contribution is 0.0223. The van der Waals surface area contributed by atoms with Crippen LogP contribution in [0.2, 0.25) is 0 Å². The van der Waals surface area contributed by atoms with E-state index < -0.39 is 5.60 Å². The van der Waals surface area contributed by atoms with Crippen molar-refractivity contribution in [3.05, 3.63) is 20.8 Å². The zero-order chi connectivity index (χ0) is 15.6. The van der Waals surface area contributed by atoms with Gasteiger partial charge >= 0.3 is 6.09 Å². The largest absolute Gasteiger partial charge is 0.444 e. The van der Waals surface area contributed by atoms with Crippen LogP contribution in [0.4, 0.5) is 4.79 Å². The van der Waals surface area contributed by atoms with Crippen molar-refractivity contribution >= 4 is 39.1 Å². The smallest absolute Gasteiger partial charge is 0.410 e. The van der Waals surface area contributed by atoms with Crippen LogP contribution in [-0.4, -0.2) is 35.0 Å². The van der Waals surface area contributed by atoms with E-state index in [2.05, 4.69) is 15.9 Å². The quantitative estimate of drug-likeness (QED) is 0.733. The van der Waals surface area contributed by atoms with Crippen molar-refractivity contribution in [2.45, 2.75) is 51.7 Å². The summed E-state index contributed by atoms with van der Waals surface area (Å²) in [5, 5.41) is 1.90. The van der Waals surface area contributed by atoms with Crippen molar-refractivity contribution in [2.24, 2.45) is 0 Å². The summed E-state index contributed by atoms with van der Waals surface area (Å²) in [5.41, 5.74) is -0.507. The Hall–Kier alpha value is -0.880. The molecule has 1 atom stereocenters. The fourth-order valence-electron chi connectivity index (χ4n) is 2.38. The second-order valence-electron chi connectivity index (χ2n) is 6.23. The second kappa shape index (κ2) is 6.48. The average Bonchev–Trinajstić information content (AvgIpc) is 2.95. The van der Waals surface area contributed by atoms with Crippen LogP contribution in [0.5, 0.6) is 0 Å². The van der Waals surface area contributed by atoms with Crippen LogP contribution in [-0.2, 0) is 4.74 Å². The number of Topliss-reactive ketones (excluding diaryl/α,β-unsaturated/α-hetero) is 1. The highest BCUT2D eigenvalue weighted by Gasteiger charge is 2.33. The molecule has 1 fully saturated rings. The van der Waals surface area contributed by atoms with Crippen LogP contribution in [0, 0.1) is 0 Å². The van der Waals surface area contributed by atoms with Crippen molar-refractivity contribution in [2.75, 3.05) is 6.54 Å². The molecule has 4 nitrogen and oxygen atoms in total. The Morgan fingerprint density at radius 3 is 2.76 bits per heavy atom. The number of amides is 1. The van der Waals surface area contributed by atoms with Crippen LogP contribution in [0.15, 0.2) is 15.9 Å². The maximum atomic E-state index is 12.3. The van der Waals surface area contributed by atoms with Gasteiger partial charge in [0.2, 0.25) is 0 Å². The minimum Gasteiger partial charge on any atom is -0.444 e. The number of carbonyl (C=O) groups excluding carboxylic acids is 2. The maximum Gasteiger partial charge on any atom is 0.410 e. The number of carbonyl (C=O) groups is 2. The Morgan fingerprint density at radius 1 is 1.48 bits per heavy atom. The predicted octanol–water partition coefficient (Wildman–Crippen LogP) is 4.48. The minimum atomic E-state index is -0.507. The van der Waals surface area contributed by atoms with Gasteiger partial charge in [-0.05, 0) is 55.6 Å². The molecular formula is C15H20BrNO3S. The van der Waals surface area contributed by atoms with Gasteiger partial charge in [0.15, 0.2) is 5.78 Å². The summed E-state index contributed by atoms with van der Waals surface area (Å²) in [6, 6.07) is 1.79. The lowest BCUT2D eigenvalue weighted by atomic mass is 10.1. The molecular weight excluding hydrogens is 354 g/mol. The van der Waals surface area contributed by atoms with Gasteiger partial charge in [0.05, 0.1) is 4.88 Å². The number of nitrogens with zero attached hydrogens (tertiary/aromatic N) is 1. The van der Waals surface area contributed by atoms with Gasteiger partial charge in [-0.1, -0.05) is 0 Å². The van der Waals surface area contributed by atoms with Gasteiger partial charge in [0.25, 0.3) is 0 Å².